The van der Waals surface area contributed by atoms with Crippen LogP contribution in [0.15, 0.2) is 47.4 Å². The van der Waals surface area contributed by atoms with Crippen molar-refractivity contribution in [1.29, 1.82) is 0 Å². The molecule has 0 aliphatic rings. The number of nitrogens with one attached hydrogen (secondary N) is 2. The Bertz CT molecular complexity index is 796. The lowest BCUT2D eigenvalue weighted by atomic mass is 10.2. The molecule has 2 aromatic carbocycles. The topological polar surface area (TPSA) is 67.4 Å². The molecule has 26 heavy (non-hydrogen) atoms. The molecule has 0 aliphatic carbocycles. The third kappa shape index (κ3) is 5.68. The van der Waals surface area contributed by atoms with Crippen LogP contribution in [-0.4, -0.2) is 30.7 Å². The van der Waals surface area contributed by atoms with Gasteiger partial charge < -0.3 is 15.4 Å². The fraction of sp³-hybridized carbons (Fsp3) is 0.263. The molecule has 7 heteroatoms. The van der Waals surface area contributed by atoms with Gasteiger partial charge in [0.05, 0.1) is 23.4 Å². The summed E-state index contributed by atoms with van der Waals surface area (Å²) in [5.74, 6) is 0.453. The fourth-order valence-corrected chi connectivity index (χ4v) is 3.35. The monoisotopic (exact) mass is 392 g/mol. The van der Waals surface area contributed by atoms with Gasteiger partial charge in [-0.3, -0.25) is 9.59 Å². The molecular weight excluding hydrogens is 372 g/mol. The first kappa shape index (κ1) is 20.1. The molecule has 0 spiro atoms. The normalized spacial score (nSPS) is 10.5. The number of methoxy groups -OCH3 is 1. The van der Waals surface area contributed by atoms with Crippen molar-refractivity contribution < 1.29 is 14.3 Å². The van der Waals surface area contributed by atoms with E-state index >= 15 is 0 Å². The van der Waals surface area contributed by atoms with Gasteiger partial charge in [-0.15, -0.1) is 11.8 Å². The summed E-state index contributed by atoms with van der Waals surface area (Å²) >= 11 is 7.42. The Morgan fingerprint density at radius 3 is 2.58 bits per heavy atom. The van der Waals surface area contributed by atoms with Gasteiger partial charge in [-0.05, 0) is 44.2 Å². The Morgan fingerprint density at radius 1 is 1.19 bits per heavy atom. The van der Waals surface area contributed by atoms with E-state index in [0.717, 1.165) is 4.90 Å². The van der Waals surface area contributed by atoms with Crippen LogP contribution < -0.4 is 15.4 Å². The molecule has 138 valence electrons. The van der Waals surface area contributed by atoms with Crippen LogP contribution in [0.3, 0.4) is 0 Å². The molecule has 0 saturated heterocycles. The van der Waals surface area contributed by atoms with Gasteiger partial charge in [-0.25, -0.2) is 0 Å². The van der Waals surface area contributed by atoms with Crippen LogP contribution in [0.25, 0.3) is 0 Å². The van der Waals surface area contributed by atoms with Gasteiger partial charge in [-0.2, -0.15) is 0 Å². The minimum atomic E-state index is -0.265. The summed E-state index contributed by atoms with van der Waals surface area (Å²) in [5, 5.41) is 6.06. The van der Waals surface area contributed by atoms with E-state index in [1.54, 1.807) is 30.3 Å². The standard InChI is InChI=1S/C19H21ClN2O3S/c1-12(2)21-18(23)11-26-17-7-5-4-6-14(17)19(24)22-13-8-9-16(25-3)15(20)10-13/h4-10,12H,11H2,1-3H3,(H,21,23)(H,22,24). The average Bonchev–Trinajstić information content (AvgIpc) is 2.60. The first-order valence-electron chi connectivity index (χ1n) is 8.06. The Hall–Kier alpha value is -2.18. The zero-order valence-electron chi connectivity index (χ0n) is 14.8. The van der Waals surface area contributed by atoms with Crippen molar-refractivity contribution in [3.05, 3.63) is 53.1 Å². The van der Waals surface area contributed by atoms with Crippen molar-refractivity contribution in [1.82, 2.24) is 5.32 Å². The Labute approximate surface area is 162 Å². The highest BCUT2D eigenvalue weighted by molar-refractivity contribution is 8.00. The Kier molecular flexibility index (Phi) is 7.36. The van der Waals surface area contributed by atoms with E-state index in [9.17, 15) is 9.59 Å². The first-order chi connectivity index (χ1) is 12.4. The molecule has 0 bridgehead atoms. The number of carbonyl (C=O) groups excluding carboxylic acids is 2. The number of hydrogen-bond acceptors (Lipinski definition) is 4. The molecule has 0 aliphatic heterocycles. The smallest absolute Gasteiger partial charge is 0.256 e. The summed E-state index contributed by atoms with van der Waals surface area (Å²) in [6.07, 6.45) is 0. The SMILES string of the molecule is COc1ccc(NC(=O)c2ccccc2SCC(=O)NC(C)C)cc1Cl. The van der Waals surface area contributed by atoms with Crippen LogP contribution in [0.5, 0.6) is 5.75 Å². The number of benzene rings is 2. The van der Waals surface area contributed by atoms with Gasteiger partial charge in [0.15, 0.2) is 0 Å². The summed E-state index contributed by atoms with van der Waals surface area (Å²) in [5.41, 5.74) is 1.07. The van der Waals surface area contributed by atoms with Gasteiger partial charge in [0, 0.05) is 16.6 Å². The number of hydrogen-bond donors (Lipinski definition) is 2. The van der Waals surface area contributed by atoms with Crippen molar-refractivity contribution >= 4 is 40.9 Å². The van der Waals surface area contributed by atoms with E-state index in [1.165, 1.54) is 18.9 Å². The molecule has 0 radical (unpaired) electrons. The van der Waals surface area contributed by atoms with Crippen molar-refractivity contribution in [3.8, 4) is 5.75 Å². The van der Waals surface area contributed by atoms with Crippen LogP contribution >= 0.6 is 23.4 Å². The second kappa shape index (κ2) is 9.50. The summed E-state index contributed by atoms with van der Waals surface area (Å²) in [6, 6.07) is 12.3. The highest BCUT2D eigenvalue weighted by Crippen LogP contribution is 2.28. The van der Waals surface area contributed by atoms with Crippen molar-refractivity contribution in [3.63, 3.8) is 0 Å². The highest BCUT2D eigenvalue weighted by Gasteiger charge is 2.14. The van der Waals surface area contributed by atoms with E-state index in [2.05, 4.69) is 10.6 Å². The fourth-order valence-electron chi connectivity index (χ4n) is 2.23. The van der Waals surface area contributed by atoms with Crippen LogP contribution in [0, 0.1) is 0 Å². The number of amides is 2. The highest BCUT2D eigenvalue weighted by atomic mass is 35.5. The molecule has 0 heterocycles. The van der Waals surface area contributed by atoms with Gasteiger partial charge >= 0.3 is 0 Å². The molecule has 2 N–H and O–H groups in total. The summed E-state index contributed by atoms with van der Waals surface area (Å²) in [6.45, 7) is 3.81. The van der Waals surface area contributed by atoms with Crippen molar-refractivity contribution in [2.75, 3.05) is 18.2 Å². The zero-order chi connectivity index (χ0) is 19.1. The number of rotatable bonds is 7. The molecule has 0 atom stereocenters. The molecule has 2 aromatic rings. The zero-order valence-corrected chi connectivity index (χ0v) is 16.4. The second-order valence-electron chi connectivity index (χ2n) is 5.81. The number of halogens is 1. The molecular formula is C19H21ClN2O3S. The lowest BCUT2D eigenvalue weighted by Gasteiger charge is -2.12. The van der Waals surface area contributed by atoms with Crippen molar-refractivity contribution in [2.45, 2.75) is 24.8 Å². The molecule has 0 unspecified atom stereocenters. The van der Waals surface area contributed by atoms with Gasteiger partial charge in [0.1, 0.15) is 5.75 Å². The molecule has 0 aromatic heterocycles. The molecule has 5 nitrogen and oxygen atoms in total. The third-order valence-corrected chi connectivity index (χ3v) is 4.72. The van der Waals surface area contributed by atoms with E-state index in [4.69, 9.17) is 16.3 Å². The maximum Gasteiger partial charge on any atom is 0.256 e. The maximum atomic E-state index is 12.6. The summed E-state index contributed by atoms with van der Waals surface area (Å²) < 4.78 is 5.10. The number of thioether (sulfide) groups is 1. The Morgan fingerprint density at radius 2 is 1.92 bits per heavy atom. The average molecular weight is 393 g/mol. The Balaban J connectivity index is 2.09. The third-order valence-electron chi connectivity index (χ3n) is 3.35. The lowest BCUT2D eigenvalue weighted by Crippen LogP contribution is -2.31. The van der Waals surface area contributed by atoms with Gasteiger partial charge in [0.25, 0.3) is 5.91 Å². The van der Waals surface area contributed by atoms with E-state index in [1.807, 2.05) is 26.0 Å². The maximum absolute atomic E-state index is 12.6. The number of anilines is 1. The number of ether oxygens (including phenoxy) is 1. The van der Waals surface area contributed by atoms with Gasteiger partial charge in [-0.1, -0.05) is 23.7 Å². The number of carbonyl (C=O) groups is 2. The molecule has 2 rings (SSSR count). The van der Waals surface area contributed by atoms with Crippen LogP contribution in [0.2, 0.25) is 5.02 Å². The first-order valence-corrected chi connectivity index (χ1v) is 9.43. The van der Waals surface area contributed by atoms with Crippen LogP contribution in [-0.2, 0) is 4.79 Å². The molecule has 2 amide bonds. The van der Waals surface area contributed by atoms with Crippen LogP contribution in [0.4, 0.5) is 5.69 Å². The molecule has 0 fully saturated rings. The minimum absolute atomic E-state index is 0.0675. The summed E-state index contributed by atoms with van der Waals surface area (Å²) in [4.78, 5) is 25.2. The second-order valence-corrected chi connectivity index (χ2v) is 7.23. The van der Waals surface area contributed by atoms with E-state index in [-0.39, 0.29) is 23.6 Å². The largest absolute Gasteiger partial charge is 0.495 e. The quantitative estimate of drug-likeness (QED) is 0.692. The lowest BCUT2D eigenvalue weighted by molar-refractivity contribution is -0.119. The van der Waals surface area contributed by atoms with Crippen molar-refractivity contribution in [2.24, 2.45) is 0 Å². The summed E-state index contributed by atoms with van der Waals surface area (Å²) in [7, 11) is 1.53. The predicted octanol–water partition coefficient (Wildman–Crippen LogP) is 4.22. The van der Waals surface area contributed by atoms with Gasteiger partial charge in [0.2, 0.25) is 5.91 Å². The molecule has 0 saturated carbocycles. The minimum Gasteiger partial charge on any atom is -0.495 e. The predicted molar refractivity (Wildman–Crippen MR) is 106 cm³/mol. The van der Waals surface area contributed by atoms with E-state index < -0.39 is 0 Å². The van der Waals surface area contributed by atoms with Crippen LogP contribution in [0.1, 0.15) is 24.2 Å². The van der Waals surface area contributed by atoms with E-state index in [0.29, 0.717) is 22.0 Å².